The Kier molecular flexibility index (Phi) is 11.2. The number of hydrogen-bond donors (Lipinski definition) is 0. The topological polar surface area (TPSA) is 62.7 Å². The van der Waals surface area contributed by atoms with Gasteiger partial charge < -0.3 is 14.5 Å². The van der Waals surface area contributed by atoms with E-state index in [0.717, 1.165) is 27.6 Å². The van der Waals surface area contributed by atoms with Gasteiger partial charge in [0.1, 0.15) is 17.4 Å². The number of ether oxygens (including phenoxy) is 1. The maximum atomic E-state index is 12.0. The molecule has 36 heavy (non-hydrogen) atoms. The molecule has 2 amide bonds. The lowest BCUT2D eigenvalue weighted by atomic mass is 10.2. The molecule has 1 aromatic heterocycles. The monoisotopic (exact) mass is 543 g/mol. The largest absolute Gasteiger partial charge is 0.487 e. The van der Waals surface area contributed by atoms with E-state index in [9.17, 15) is 9.59 Å². The molecule has 0 aliphatic heterocycles. The van der Waals surface area contributed by atoms with Gasteiger partial charge in [-0.3, -0.25) is 9.59 Å². The van der Waals surface area contributed by atoms with E-state index in [2.05, 4.69) is 24.3 Å². The van der Waals surface area contributed by atoms with Crippen molar-refractivity contribution in [3.8, 4) is 16.3 Å². The average molecular weight is 544 g/mol. The fraction of sp³-hybridized carbons (Fsp3) is 0.370. The van der Waals surface area contributed by atoms with E-state index >= 15 is 0 Å². The second-order valence-electron chi connectivity index (χ2n) is 8.52. The van der Waals surface area contributed by atoms with Gasteiger partial charge in [-0.1, -0.05) is 42.5 Å². The van der Waals surface area contributed by atoms with Crippen LogP contribution in [0.15, 0.2) is 60.0 Å². The van der Waals surface area contributed by atoms with Crippen molar-refractivity contribution in [1.82, 2.24) is 14.8 Å². The number of rotatable bonds is 13. The van der Waals surface area contributed by atoms with E-state index in [4.69, 9.17) is 9.72 Å². The number of carbonyl (C=O) groups is 2. The quantitative estimate of drug-likeness (QED) is 0.254. The Morgan fingerprint density at radius 2 is 1.56 bits per heavy atom. The van der Waals surface area contributed by atoms with Crippen molar-refractivity contribution in [2.45, 2.75) is 24.0 Å². The summed E-state index contributed by atoms with van der Waals surface area (Å²) in [6.07, 6.45) is 0.963. The summed E-state index contributed by atoms with van der Waals surface area (Å²) in [7, 11) is 7.10. The van der Waals surface area contributed by atoms with Crippen LogP contribution in [0.5, 0.6) is 5.75 Å². The Labute approximate surface area is 226 Å². The lowest BCUT2D eigenvalue weighted by molar-refractivity contribution is -0.128. The van der Waals surface area contributed by atoms with Crippen LogP contribution in [0.25, 0.3) is 10.6 Å². The molecule has 0 saturated carbocycles. The summed E-state index contributed by atoms with van der Waals surface area (Å²) in [5, 5.41) is 3.01. The van der Waals surface area contributed by atoms with Gasteiger partial charge in [-0.15, -0.1) is 34.9 Å². The number of amides is 2. The highest BCUT2D eigenvalue weighted by molar-refractivity contribution is 8.16. The van der Waals surface area contributed by atoms with E-state index in [1.807, 2.05) is 35.7 Å². The molecule has 3 rings (SSSR count). The van der Waals surface area contributed by atoms with Crippen molar-refractivity contribution in [3.05, 3.63) is 71.2 Å². The molecule has 192 valence electrons. The van der Waals surface area contributed by atoms with E-state index in [1.165, 1.54) is 0 Å². The summed E-state index contributed by atoms with van der Waals surface area (Å²) in [6.45, 7) is 0.395. The third kappa shape index (κ3) is 8.87. The van der Waals surface area contributed by atoms with Crippen LogP contribution in [0.3, 0.4) is 0 Å². The molecule has 0 aliphatic carbocycles. The van der Waals surface area contributed by atoms with Crippen LogP contribution in [-0.4, -0.2) is 66.3 Å². The van der Waals surface area contributed by atoms with Crippen LogP contribution in [0.1, 0.15) is 28.7 Å². The number of aromatic nitrogens is 1. The van der Waals surface area contributed by atoms with Crippen molar-refractivity contribution in [2.24, 2.45) is 0 Å². The molecule has 0 spiro atoms. The number of thiazole rings is 1. The summed E-state index contributed by atoms with van der Waals surface area (Å²) in [6, 6.07) is 18.2. The molecular weight excluding hydrogens is 511 g/mol. The normalized spacial score (nSPS) is 10.9. The summed E-state index contributed by atoms with van der Waals surface area (Å²) in [5.74, 6) is 2.43. The Morgan fingerprint density at radius 3 is 2.17 bits per heavy atom. The molecule has 0 atom stereocenters. The number of benzene rings is 2. The molecule has 0 N–H and O–H groups in total. The lowest BCUT2D eigenvalue weighted by Crippen LogP contribution is -2.22. The predicted molar refractivity (Wildman–Crippen MR) is 153 cm³/mol. The zero-order valence-corrected chi connectivity index (χ0v) is 23.6. The highest BCUT2D eigenvalue weighted by atomic mass is 32.2. The SMILES string of the molecule is CN(C)C(=O)CCSC(SCCC(=O)N(C)C)c1cccc(OCc2csc(-c3ccccc3)n2)c1. The van der Waals surface area contributed by atoms with Crippen LogP contribution in [0, 0.1) is 0 Å². The molecule has 3 aromatic rings. The highest BCUT2D eigenvalue weighted by Crippen LogP contribution is 2.41. The van der Waals surface area contributed by atoms with E-state index in [1.54, 1.807) is 72.9 Å². The zero-order valence-electron chi connectivity index (χ0n) is 21.2. The highest BCUT2D eigenvalue weighted by Gasteiger charge is 2.16. The second kappa shape index (κ2) is 14.3. The minimum atomic E-state index is 0.0995. The second-order valence-corrected chi connectivity index (χ2v) is 12.1. The van der Waals surface area contributed by atoms with Crippen molar-refractivity contribution in [1.29, 1.82) is 0 Å². The zero-order chi connectivity index (χ0) is 25.9. The third-order valence-corrected chi connectivity index (χ3v) is 9.04. The molecule has 1 heterocycles. The van der Waals surface area contributed by atoms with Gasteiger partial charge in [-0.25, -0.2) is 4.98 Å². The van der Waals surface area contributed by atoms with Gasteiger partial charge in [0.25, 0.3) is 0 Å². The van der Waals surface area contributed by atoms with Crippen LogP contribution >= 0.6 is 34.9 Å². The summed E-state index contributed by atoms with van der Waals surface area (Å²) >= 11 is 5.07. The Balaban J connectivity index is 1.63. The first-order valence-electron chi connectivity index (χ1n) is 11.7. The fourth-order valence-corrected chi connectivity index (χ4v) is 6.65. The molecule has 0 unspecified atom stereocenters. The molecular formula is C27H33N3O3S3. The van der Waals surface area contributed by atoms with E-state index < -0.39 is 0 Å². The van der Waals surface area contributed by atoms with Gasteiger partial charge in [-0.05, 0) is 17.7 Å². The van der Waals surface area contributed by atoms with E-state index in [0.29, 0.717) is 31.0 Å². The average Bonchev–Trinajstić information content (AvgIpc) is 3.36. The van der Waals surface area contributed by atoms with Gasteiger partial charge in [0.05, 0.1) is 10.3 Å². The first-order chi connectivity index (χ1) is 17.3. The third-order valence-electron chi connectivity index (χ3n) is 5.26. The Bertz CT molecular complexity index is 1090. The molecule has 0 fully saturated rings. The number of nitrogens with zero attached hydrogens (tertiary/aromatic N) is 3. The first-order valence-corrected chi connectivity index (χ1v) is 14.7. The smallest absolute Gasteiger partial charge is 0.222 e. The van der Waals surface area contributed by atoms with E-state index in [-0.39, 0.29) is 16.4 Å². The summed E-state index contributed by atoms with van der Waals surface area (Å²) < 4.78 is 6.18. The molecule has 6 nitrogen and oxygen atoms in total. The van der Waals surface area contributed by atoms with Gasteiger partial charge in [0.2, 0.25) is 11.8 Å². The molecule has 0 radical (unpaired) electrons. The van der Waals surface area contributed by atoms with Crippen LogP contribution in [0.4, 0.5) is 0 Å². The lowest BCUT2D eigenvalue weighted by Gasteiger charge is -2.19. The van der Waals surface area contributed by atoms with Crippen molar-refractivity contribution < 1.29 is 14.3 Å². The maximum Gasteiger partial charge on any atom is 0.222 e. The van der Waals surface area contributed by atoms with Gasteiger partial charge in [-0.2, -0.15) is 0 Å². The van der Waals surface area contributed by atoms with Gasteiger partial charge >= 0.3 is 0 Å². The molecule has 2 aromatic carbocycles. The standard InChI is InChI=1S/C27H33N3O3S3/c1-29(2)24(31)13-15-34-27(35-16-14-25(32)30(3)4)21-11-8-12-23(17-21)33-18-22-19-36-26(28-22)20-9-6-5-7-10-20/h5-12,17,19,27H,13-16,18H2,1-4H3. The Hall–Kier alpha value is -2.49. The number of hydrogen-bond acceptors (Lipinski definition) is 7. The van der Waals surface area contributed by atoms with Crippen molar-refractivity contribution in [2.75, 3.05) is 39.7 Å². The minimum Gasteiger partial charge on any atom is -0.487 e. The van der Waals surface area contributed by atoms with Gasteiger partial charge in [0, 0.05) is 63.5 Å². The fourth-order valence-electron chi connectivity index (χ4n) is 3.19. The minimum absolute atomic E-state index is 0.0995. The van der Waals surface area contributed by atoms with Crippen molar-refractivity contribution in [3.63, 3.8) is 0 Å². The number of thioether (sulfide) groups is 2. The molecule has 0 bridgehead atoms. The van der Waals surface area contributed by atoms with Gasteiger partial charge in [0.15, 0.2) is 0 Å². The first kappa shape index (κ1) is 28.1. The van der Waals surface area contributed by atoms with Crippen LogP contribution in [0.2, 0.25) is 0 Å². The Morgan fingerprint density at radius 1 is 0.917 bits per heavy atom. The molecule has 0 aliphatic rings. The summed E-state index contributed by atoms with van der Waals surface area (Å²) in [4.78, 5) is 32.0. The van der Waals surface area contributed by atoms with Crippen LogP contribution < -0.4 is 4.74 Å². The van der Waals surface area contributed by atoms with Crippen LogP contribution in [-0.2, 0) is 16.2 Å². The van der Waals surface area contributed by atoms with Crippen molar-refractivity contribution >= 4 is 46.7 Å². The molecule has 9 heteroatoms. The molecule has 0 saturated heterocycles. The number of carbonyl (C=O) groups excluding carboxylic acids is 2. The summed E-state index contributed by atoms with van der Waals surface area (Å²) in [5.41, 5.74) is 3.11. The maximum absolute atomic E-state index is 12.0. The predicted octanol–water partition coefficient (Wildman–Crippen LogP) is 5.81.